The zero-order valence-corrected chi connectivity index (χ0v) is 9.15. The van der Waals surface area contributed by atoms with Gasteiger partial charge in [-0.1, -0.05) is 11.6 Å². The number of hydrogen-bond acceptors (Lipinski definition) is 3. The molecule has 0 aliphatic carbocycles. The quantitative estimate of drug-likeness (QED) is 0.857. The van der Waals surface area contributed by atoms with E-state index >= 15 is 0 Å². The summed E-state index contributed by atoms with van der Waals surface area (Å²) in [6.45, 7) is 3.34. The number of aromatic nitrogens is 4. The monoisotopic (exact) mass is 225 g/mol. The van der Waals surface area contributed by atoms with Gasteiger partial charge in [0.15, 0.2) is 0 Å². The van der Waals surface area contributed by atoms with E-state index in [1.165, 1.54) is 0 Å². The summed E-state index contributed by atoms with van der Waals surface area (Å²) >= 11 is 5.89. The molecule has 0 radical (unpaired) electrons. The summed E-state index contributed by atoms with van der Waals surface area (Å²) in [6, 6.07) is 1.77. The number of anilines is 1. The maximum atomic E-state index is 5.89. The highest BCUT2D eigenvalue weighted by Crippen LogP contribution is 2.11. The molecule has 5 nitrogen and oxygen atoms in total. The second kappa shape index (κ2) is 3.94. The Balaban J connectivity index is 1.99. The van der Waals surface area contributed by atoms with Crippen molar-refractivity contribution >= 4 is 17.4 Å². The molecule has 0 aliphatic rings. The molecule has 0 spiro atoms. The molecule has 2 aromatic heterocycles. The van der Waals surface area contributed by atoms with Gasteiger partial charge in [-0.3, -0.25) is 9.36 Å². The van der Waals surface area contributed by atoms with E-state index in [0.717, 1.165) is 18.8 Å². The summed E-state index contributed by atoms with van der Waals surface area (Å²) in [6.07, 6.45) is 3.65. The largest absolute Gasteiger partial charge is 0.382 e. The molecule has 0 amide bonds. The van der Waals surface area contributed by atoms with E-state index in [1.807, 2.05) is 19.3 Å². The molecule has 2 rings (SSSR count). The highest BCUT2D eigenvalue weighted by atomic mass is 35.5. The van der Waals surface area contributed by atoms with Crippen molar-refractivity contribution in [2.24, 2.45) is 0 Å². The van der Waals surface area contributed by atoms with Crippen molar-refractivity contribution in [2.45, 2.75) is 20.0 Å². The smallest absolute Gasteiger partial charge is 0.145 e. The van der Waals surface area contributed by atoms with Gasteiger partial charge in [-0.25, -0.2) is 0 Å². The SMILES string of the molecule is Cc1nn(CCn2ccc(N)n2)cc1Cl. The van der Waals surface area contributed by atoms with Crippen molar-refractivity contribution in [3.8, 4) is 0 Å². The maximum absolute atomic E-state index is 5.89. The van der Waals surface area contributed by atoms with Crippen molar-refractivity contribution in [1.82, 2.24) is 19.6 Å². The van der Waals surface area contributed by atoms with Gasteiger partial charge in [0.2, 0.25) is 0 Å². The fraction of sp³-hybridized carbons (Fsp3) is 0.333. The van der Waals surface area contributed by atoms with Crippen LogP contribution in [0.5, 0.6) is 0 Å². The molecule has 6 heteroatoms. The summed E-state index contributed by atoms with van der Waals surface area (Å²) in [5.74, 6) is 0.532. The van der Waals surface area contributed by atoms with Crippen LogP contribution in [0, 0.1) is 6.92 Å². The van der Waals surface area contributed by atoms with Crippen molar-refractivity contribution in [3.63, 3.8) is 0 Å². The van der Waals surface area contributed by atoms with Gasteiger partial charge in [0, 0.05) is 12.4 Å². The predicted octanol–water partition coefficient (Wildman–Crippen LogP) is 1.32. The average Bonchev–Trinajstić information content (AvgIpc) is 2.72. The van der Waals surface area contributed by atoms with Crippen LogP contribution in [-0.2, 0) is 13.1 Å². The summed E-state index contributed by atoms with van der Waals surface area (Å²) < 4.78 is 3.58. The fourth-order valence-corrected chi connectivity index (χ4v) is 1.47. The number of aryl methyl sites for hydroxylation is 3. The van der Waals surface area contributed by atoms with E-state index in [0.29, 0.717) is 10.8 Å². The van der Waals surface area contributed by atoms with Crippen LogP contribution in [0.1, 0.15) is 5.69 Å². The predicted molar refractivity (Wildman–Crippen MR) is 58.6 cm³/mol. The Hall–Kier alpha value is -1.49. The van der Waals surface area contributed by atoms with Crippen molar-refractivity contribution in [3.05, 3.63) is 29.2 Å². The molecule has 0 aliphatic heterocycles. The first-order valence-corrected chi connectivity index (χ1v) is 5.01. The van der Waals surface area contributed by atoms with E-state index in [9.17, 15) is 0 Å². The molecule has 0 saturated heterocycles. The lowest BCUT2D eigenvalue weighted by molar-refractivity contribution is 0.499. The van der Waals surface area contributed by atoms with E-state index in [4.69, 9.17) is 17.3 Å². The Labute approximate surface area is 92.4 Å². The van der Waals surface area contributed by atoms with Gasteiger partial charge in [0.25, 0.3) is 0 Å². The Morgan fingerprint density at radius 3 is 2.60 bits per heavy atom. The normalized spacial score (nSPS) is 10.8. The van der Waals surface area contributed by atoms with Crippen LogP contribution in [0.3, 0.4) is 0 Å². The van der Waals surface area contributed by atoms with Gasteiger partial charge < -0.3 is 5.73 Å². The number of hydrogen-bond donors (Lipinski definition) is 1. The lowest BCUT2D eigenvalue weighted by atomic mass is 10.5. The first-order valence-electron chi connectivity index (χ1n) is 4.63. The van der Waals surface area contributed by atoms with Gasteiger partial charge in [0.1, 0.15) is 5.82 Å². The highest BCUT2D eigenvalue weighted by molar-refractivity contribution is 6.31. The second-order valence-corrected chi connectivity index (χ2v) is 3.74. The van der Waals surface area contributed by atoms with E-state index in [1.54, 1.807) is 15.4 Å². The number of halogens is 1. The van der Waals surface area contributed by atoms with E-state index in [2.05, 4.69) is 10.2 Å². The summed E-state index contributed by atoms with van der Waals surface area (Å²) in [5.41, 5.74) is 6.34. The van der Waals surface area contributed by atoms with Crippen molar-refractivity contribution in [2.75, 3.05) is 5.73 Å². The summed E-state index contributed by atoms with van der Waals surface area (Å²) in [4.78, 5) is 0. The number of rotatable bonds is 3. The first kappa shape index (κ1) is 10.0. The van der Waals surface area contributed by atoms with Crippen molar-refractivity contribution < 1.29 is 0 Å². The van der Waals surface area contributed by atoms with Gasteiger partial charge in [-0.15, -0.1) is 0 Å². The van der Waals surface area contributed by atoms with Gasteiger partial charge in [-0.2, -0.15) is 10.2 Å². The zero-order valence-electron chi connectivity index (χ0n) is 8.39. The Bertz CT molecular complexity index is 439. The molecule has 0 atom stereocenters. The third-order valence-corrected chi connectivity index (χ3v) is 2.48. The minimum atomic E-state index is 0.532. The third kappa shape index (κ3) is 2.30. The van der Waals surface area contributed by atoms with Crippen LogP contribution in [0.4, 0.5) is 5.82 Å². The molecule has 0 saturated carbocycles. The average molecular weight is 226 g/mol. The zero-order chi connectivity index (χ0) is 10.8. The number of nitrogens with zero attached hydrogens (tertiary/aromatic N) is 4. The Kier molecular flexibility index (Phi) is 2.64. The molecular weight excluding hydrogens is 214 g/mol. The molecular formula is C9H12ClN5. The standard InChI is InChI=1S/C9H12ClN5/c1-7-8(10)6-15(12-7)5-4-14-3-2-9(11)13-14/h2-3,6H,4-5H2,1H3,(H2,11,13). The molecule has 0 bridgehead atoms. The van der Waals surface area contributed by atoms with E-state index < -0.39 is 0 Å². The fourth-order valence-electron chi connectivity index (χ4n) is 1.31. The lowest BCUT2D eigenvalue weighted by Gasteiger charge is -2.01. The van der Waals surface area contributed by atoms with E-state index in [-0.39, 0.29) is 0 Å². The van der Waals surface area contributed by atoms with Crippen molar-refractivity contribution in [1.29, 1.82) is 0 Å². The minimum Gasteiger partial charge on any atom is -0.382 e. The molecule has 2 aromatic rings. The van der Waals surface area contributed by atoms with Crippen LogP contribution in [0.2, 0.25) is 5.02 Å². The summed E-state index contributed by atoms with van der Waals surface area (Å²) in [5, 5.41) is 9.01. The Morgan fingerprint density at radius 1 is 1.33 bits per heavy atom. The molecule has 0 unspecified atom stereocenters. The Morgan fingerprint density at radius 2 is 2.07 bits per heavy atom. The molecule has 2 heterocycles. The lowest BCUT2D eigenvalue weighted by Crippen LogP contribution is -2.08. The van der Waals surface area contributed by atoms with Crippen LogP contribution < -0.4 is 5.73 Å². The van der Waals surface area contributed by atoms with Crippen LogP contribution in [0.15, 0.2) is 18.5 Å². The minimum absolute atomic E-state index is 0.532. The van der Waals surface area contributed by atoms with Crippen LogP contribution in [-0.4, -0.2) is 19.6 Å². The first-order chi connectivity index (χ1) is 7.15. The topological polar surface area (TPSA) is 61.7 Å². The molecule has 15 heavy (non-hydrogen) atoms. The number of nitrogen functional groups attached to an aromatic ring is 1. The maximum Gasteiger partial charge on any atom is 0.145 e. The molecule has 80 valence electrons. The van der Waals surface area contributed by atoms with Gasteiger partial charge >= 0.3 is 0 Å². The summed E-state index contributed by atoms with van der Waals surface area (Å²) in [7, 11) is 0. The second-order valence-electron chi connectivity index (χ2n) is 3.33. The van der Waals surface area contributed by atoms with Gasteiger partial charge in [0.05, 0.1) is 23.8 Å². The van der Waals surface area contributed by atoms with Crippen LogP contribution in [0.25, 0.3) is 0 Å². The molecule has 0 fully saturated rings. The molecule has 0 aromatic carbocycles. The third-order valence-electron chi connectivity index (χ3n) is 2.11. The van der Waals surface area contributed by atoms with Crippen LogP contribution >= 0.6 is 11.6 Å². The molecule has 2 N–H and O–H groups in total. The van der Waals surface area contributed by atoms with Gasteiger partial charge in [-0.05, 0) is 13.0 Å². The highest BCUT2D eigenvalue weighted by Gasteiger charge is 2.01. The number of nitrogens with two attached hydrogens (primary N) is 1.